The Balaban J connectivity index is 1.70. The van der Waals surface area contributed by atoms with Crippen LogP contribution in [0.1, 0.15) is 25.1 Å². The zero-order chi connectivity index (χ0) is 13.5. The largest absolute Gasteiger partial charge is 0.360 e. The minimum absolute atomic E-state index is 0.0863. The third kappa shape index (κ3) is 2.05. The van der Waals surface area contributed by atoms with E-state index in [0.717, 1.165) is 23.8 Å². The van der Waals surface area contributed by atoms with Crippen LogP contribution in [0.5, 0.6) is 0 Å². The molecule has 1 aromatic rings. The molecule has 0 bridgehead atoms. The van der Waals surface area contributed by atoms with Crippen LogP contribution in [0.2, 0.25) is 0 Å². The Labute approximate surface area is 114 Å². The van der Waals surface area contributed by atoms with Crippen molar-refractivity contribution in [3.8, 4) is 0 Å². The first kappa shape index (κ1) is 12.3. The second kappa shape index (κ2) is 4.44. The van der Waals surface area contributed by atoms with E-state index in [1.54, 1.807) is 0 Å². The van der Waals surface area contributed by atoms with E-state index in [-0.39, 0.29) is 17.9 Å². The Morgan fingerprint density at radius 2 is 2.37 bits per heavy atom. The topological polar surface area (TPSA) is 96.0 Å². The molecule has 3 rings (SSSR count). The number of amides is 3. The van der Waals surface area contributed by atoms with Gasteiger partial charge in [0, 0.05) is 24.0 Å². The number of rotatable bonds is 3. The summed E-state index contributed by atoms with van der Waals surface area (Å²) in [6, 6.07) is -0.386. The number of anilines is 1. The monoisotopic (exact) mass is 281 g/mol. The number of carbonyl (C=O) groups is 2. The van der Waals surface area contributed by atoms with Crippen molar-refractivity contribution in [2.45, 2.75) is 31.7 Å². The summed E-state index contributed by atoms with van der Waals surface area (Å²) >= 11 is 1.31. The number of hydrogen-bond donors (Lipinski definition) is 3. The van der Waals surface area contributed by atoms with E-state index in [1.165, 1.54) is 11.5 Å². The molecule has 3 amide bonds. The molecule has 2 atom stereocenters. The van der Waals surface area contributed by atoms with E-state index in [9.17, 15) is 9.59 Å². The Hall–Kier alpha value is -1.70. The SMILES string of the molecule is Cc1nsc(NCC2CCCC23NC(=O)NC3=O)n1. The molecule has 2 fully saturated rings. The third-order valence-electron chi connectivity index (χ3n) is 3.82. The first-order valence-corrected chi connectivity index (χ1v) is 7.05. The van der Waals surface area contributed by atoms with Gasteiger partial charge < -0.3 is 10.6 Å². The first-order chi connectivity index (χ1) is 9.10. The normalized spacial score (nSPS) is 29.6. The zero-order valence-electron chi connectivity index (χ0n) is 10.5. The van der Waals surface area contributed by atoms with E-state index in [1.807, 2.05) is 6.92 Å². The van der Waals surface area contributed by atoms with Gasteiger partial charge in [-0.25, -0.2) is 9.78 Å². The van der Waals surface area contributed by atoms with Gasteiger partial charge >= 0.3 is 6.03 Å². The Bertz CT molecular complexity index is 531. The van der Waals surface area contributed by atoms with Crippen molar-refractivity contribution in [1.82, 2.24) is 20.0 Å². The molecule has 0 radical (unpaired) electrons. The number of urea groups is 1. The van der Waals surface area contributed by atoms with Gasteiger partial charge in [0.1, 0.15) is 11.4 Å². The molecule has 102 valence electrons. The zero-order valence-corrected chi connectivity index (χ0v) is 11.3. The minimum Gasteiger partial charge on any atom is -0.360 e. The van der Waals surface area contributed by atoms with E-state index in [4.69, 9.17) is 0 Å². The predicted octanol–water partition coefficient (Wildman–Crippen LogP) is 0.637. The van der Waals surface area contributed by atoms with Crippen molar-refractivity contribution >= 4 is 28.6 Å². The van der Waals surface area contributed by atoms with Crippen LogP contribution in [0.25, 0.3) is 0 Å². The minimum atomic E-state index is -0.732. The number of aromatic nitrogens is 2. The number of imide groups is 1. The second-order valence-electron chi connectivity index (χ2n) is 5.00. The maximum absolute atomic E-state index is 12.0. The van der Waals surface area contributed by atoms with Gasteiger partial charge in [0.25, 0.3) is 5.91 Å². The molecule has 1 aliphatic carbocycles. The summed E-state index contributed by atoms with van der Waals surface area (Å²) in [6.07, 6.45) is 2.56. The number of hydrogen-bond acceptors (Lipinski definition) is 6. The van der Waals surface area contributed by atoms with Crippen LogP contribution in [0.4, 0.5) is 9.93 Å². The fourth-order valence-electron chi connectivity index (χ4n) is 2.90. The number of nitrogens with zero attached hydrogens (tertiary/aromatic N) is 2. The summed E-state index contributed by atoms with van der Waals surface area (Å²) in [5.41, 5.74) is -0.732. The maximum atomic E-state index is 12.0. The molecule has 1 saturated carbocycles. The summed E-state index contributed by atoms with van der Waals surface area (Å²) in [5, 5.41) is 9.10. The summed E-state index contributed by atoms with van der Waals surface area (Å²) in [6.45, 7) is 2.45. The number of carbonyl (C=O) groups excluding carboxylic acids is 2. The second-order valence-corrected chi connectivity index (χ2v) is 5.75. The van der Waals surface area contributed by atoms with Crippen molar-refractivity contribution in [2.24, 2.45) is 5.92 Å². The molecule has 1 saturated heterocycles. The van der Waals surface area contributed by atoms with Crippen molar-refractivity contribution in [1.29, 1.82) is 0 Å². The van der Waals surface area contributed by atoms with E-state index >= 15 is 0 Å². The van der Waals surface area contributed by atoms with Gasteiger partial charge in [0.15, 0.2) is 0 Å². The fourth-order valence-corrected chi connectivity index (χ4v) is 3.48. The molecule has 2 unspecified atom stereocenters. The van der Waals surface area contributed by atoms with Gasteiger partial charge in [-0.2, -0.15) is 4.37 Å². The highest BCUT2D eigenvalue weighted by molar-refractivity contribution is 7.09. The standard InChI is InChI=1S/C11H15N5O2S/c1-6-13-10(19-16-6)12-5-7-3-2-4-11(7)8(17)14-9(18)15-11/h7H,2-5H2,1H3,(H,12,13,16)(H2,14,15,17,18). The van der Waals surface area contributed by atoms with Crippen molar-refractivity contribution in [3.05, 3.63) is 5.82 Å². The summed E-state index contributed by atoms with van der Waals surface area (Å²) < 4.78 is 4.10. The van der Waals surface area contributed by atoms with Crippen LogP contribution in [-0.4, -0.2) is 33.4 Å². The Morgan fingerprint density at radius 1 is 1.53 bits per heavy atom. The van der Waals surface area contributed by atoms with Crippen molar-refractivity contribution < 1.29 is 9.59 Å². The molecule has 1 aromatic heterocycles. The van der Waals surface area contributed by atoms with Crippen LogP contribution in [0.15, 0.2) is 0 Å². The Morgan fingerprint density at radius 3 is 3.00 bits per heavy atom. The molecule has 1 spiro atoms. The first-order valence-electron chi connectivity index (χ1n) is 6.28. The molecule has 19 heavy (non-hydrogen) atoms. The molecule has 7 nitrogen and oxygen atoms in total. The van der Waals surface area contributed by atoms with Gasteiger partial charge in [-0.15, -0.1) is 0 Å². The summed E-state index contributed by atoms with van der Waals surface area (Å²) in [7, 11) is 0. The van der Waals surface area contributed by atoms with Gasteiger partial charge in [0.2, 0.25) is 5.13 Å². The molecule has 2 aliphatic rings. The average molecular weight is 281 g/mol. The van der Waals surface area contributed by atoms with E-state index in [0.29, 0.717) is 13.0 Å². The Kier molecular flexibility index (Phi) is 2.89. The molecule has 2 heterocycles. The highest BCUT2D eigenvalue weighted by Gasteiger charge is 2.54. The number of aryl methyl sites for hydroxylation is 1. The summed E-state index contributed by atoms with van der Waals surface area (Å²) in [5.74, 6) is 0.624. The fraction of sp³-hybridized carbons (Fsp3) is 0.636. The molecule has 1 aliphatic heterocycles. The molecule has 0 aromatic carbocycles. The predicted molar refractivity (Wildman–Crippen MR) is 69.9 cm³/mol. The molecule has 3 N–H and O–H groups in total. The van der Waals surface area contributed by atoms with Crippen LogP contribution in [0.3, 0.4) is 0 Å². The highest BCUT2D eigenvalue weighted by Crippen LogP contribution is 2.38. The number of nitrogens with one attached hydrogen (secondary N) is 3. The third-order valence-corrected chi connectivity index (χ3v) is 4.58. The van der Waals surface area contributed by atoms with Crippen molar-refractivity contribution in [2.75, 3.05) is 11.9 Å². The van der Waals surface area contributed by atoms with Crippen molar-refractivity contribution in [3.63, 3.8) is 0 Å². The van der Waals surface area contributed by atoms with Crippen LogP contribution in [0, 0.1) is 12.8 Å². The lowest BCUT2D eigenvalue weighted by Gasteiger charge is -2.27. The van der Waals surface area contributed by atoms with Gasteiger partial charge in [-0.3, -0.25) is 10.1 Å². The van der Waals surface area contributed by atoms with Gasteiger partial charge in [0.05, 0.1) is 0 Å². The van der Waals surface area contributed by atoms with Gasteiger partial charge in [-0.05, 0) is 19.8 Å². The van der Waals surface area contributed by atoms with E-state index < -0.39 is 5.54 Å². The lowest BCUT2D eigenvalue weighted by Crippen LogP contribution is -2.51. The van der Waals surface area contributed by atoms with Crippen LogP contribution in [-0.2, 0) is 4.79 Å². The average Bonchev–Trinajstić information content (AvgIpc) is 3.00. The van der Waals surface area contributed by atoms with Crippen LogP contribution < -0.4 is 16.0 Å². The molecular weight excluding hydrogens is 266 g/mol. The van der Waals surface area contributed by atoms with Gasteiger partial charge in [-0.1, -0.05) is 6.42 Å². The molecule has 8 heteroatoms. The lowest BCUT2D eigenvalue weighted by molar-refractivity contribution is -0.125. The summed E-state index contributed by atoms with van der Waals surface area (Å²) in [4.78, 5) is 27.6. The lowest BCUT2D eigenvalue weighted by atomic mass is 9.87. The van der Waals surface area contributed by atoms with E-state index in [2.05, 4.69) is 25.3 Å². The maximum Gasteiger partial charge on any atom is 0.322 e. The quantitative estimate of drug-likeness (QED) is 0.706. The van der Waals surface area contributed by atoms with Crippen LogP contribution >= 0.6 is 11.5 Å². The smallest absolute Gasteiger partial charge is 0.322 e. The molecular formula is C11H15N5O2S. The highest BCUT2D eigenvalue weighted by atomic mass is 32.1.